The van der Waals surface area contributed by atoms with Crippen molar-refractivity contribution in [3.63, 3.8) is 0 Å². The van der Waals surface area contributed by atoms with Crippen LogP contribution < -0.4 is 10.2 Å². The molecule has 0 atom stereocenters. The second-order valence-corrected chi connectivity index (χ2v) is 7.81. The van der Waals surface area contributed by atoms with Crippen molar-refractivity contribution in [2.75, 3.05) is 13.2 Å². The lowest BCUT2D eigenvalue weighted by molar-refractivity contribution is -0.137. The van der Waals surface area contributed by atoms with E-state index >= 15 is 0 Å². The smallest absolute Gasteiger partial charge is 0.490 e. The first-order valence-corrected chi connectivity index (χ1v) is 8.80. The molecule has 2 aliphatic heterocycles. The predicted molar refractivity (Wildman–Crippen MR) is 91.6 cm³/mol. The number of hydrogen-bond donors (Lipinski definition) is 0. The molecule has 0 aromatic heterocycles. The van der Waals surface area contributed by atoms with Crippen LogP contribution >= 0.6 is 0 Å². The average Bonchev–Trinajstić information content (AvgIpc) is 2.75. The molecule has 2 heterocycles. The van der Waals surface area contributed by atoms with Gasteiger partial charge in [0.15, 0.2) is 0 Å². The van der Waals surface area contributed by atoms with Gasteiger partial charge >= 0.3 is 13.3 Å². The summed E-state index contributed by atoms with van der Waals surface area (Å²) in [5.41, 5.74) is -1.73. The number of ether oxygens (including phenoxy) is 2. The van der Waals surface area contributed by atoms with Gasteiger partial charge in [0.2, 0.25) is 0 Å². The molecule has 2 fully saturated rings. The summed E-state index contributed by atoms with van der Waals surface area (Å²) >= 11 is 0. The van der Waals surface area contributed by atoms with Crippen molar-refractivity contribution in [2.24, 2.45) is 0 Å². The van der Waals surface area contributed by atoms with Gasteiger partial charge < -0.3 is 18.8 Å². The van der Waals surface area contributed by atoms with E-state index in [9.17, 15) is 13.2 Å². The van der Waals surface area contributed by atoms with Crippen LogP contribution in [0.1, 0.15) is 46.1 Å². The van der Waals surface area contributed by atoms with Crippen LogP contribution in [0.25, 0.3) is 0 Å². The Morgan fingerprint density at radius 2 is 1.58 bits per heavy atom. The minimum Gasteiger partial charge on any atom is -0.490 e. The van der Waals surface area contributed by atoms with Crippen LogP contribution in [0.4, 0.5) is 13.2 Å². The zero-order chi connectivity index (χ0) is 19.2. The fourth-order valence-corrected chi connectivity index (χ4v) is 2.96. The van der Waals surface area contributed by atoms with E-state index in [1.807, 2.05) is 27.7 Å². The van der Waals surface area contributed by atoms with Crippen LogP contribution in [-0.4, -0.2) is 37.6 Å². The van der Waals surface area contributed by atoms with Crippen LogP contribution in [0.15, 0.2) is 18.2 Å². The zero-order valence-corrected chi connectivity index (χ0v) is 15.5. The molecule has 0 amide bonds. The third-order valence-corrected chi connectivity index (χ3v) is 5.25. The van der Waals surface area contributed by atoms with Crippen molar-refractivity contribution in [3.8, 4) is 5.75 Å². The fourth-order valence-electron chi connectivity index (χ4n) is 2.96. The molecule has 3 rings (SSSR count). The average molecular weight is 372 g/mol. The van der Waals surface area contributed by atoms with Gasteiger partial charge in [0.1, 0.15) is 11.9 Å². The van der Waals surface area contributed by atoms with E-state index in [-0.39, 0.29) is 11.9 Å². The van der Waals surface area contributed by atoms with E-state index in [1.165, 1.54) is 0 Å². The van der Waals surface area contributed by atoms with E-state index in [4.69, 9.17) is 18.8 Å². The fraction of sp³-hybridized carbons (Fsp3) is 0.667. The Morgan fingerprint density at radius 3 is 2.12 bits per heavy atom. The predicted octanol–water partition coefficient (Wildman–Crippen LogP) is 3.56. The molecule has 2 saturated heterocycles. The van der Waals surface area contributed by atoms with E-state index in [0.717, 1.165) is 12.1 Å². The maximum atomic E-state index is 13.4. The first-order chi connectivity index (χ1) is 12.0. The lowest BCUT2D eigenvalue weighted by atomic mass is 9.78. The van der Waals surface area contributed by atoms with Gasteiger partial charge in [0.25, 0.3) is 0 Å². The molecular formula is C18H24BF3O4. The molecular weight excluding hydrogens is 348 g/mol. The van der Waals surface area contributed by atoms with E-state index in [2.05, 4.69) is 0 Å². The minimum absolute atomic E-state index is 0.154. The normalized spacial score (nSPS) is 23.3. The minimum atomic E-state index is -4.48. The standard InChI is InChI=1S/C18H24BF3O4/c1-16(2)17(3,4)26-19(25-16)13-9-12(18(20,21)22)10-15(11-13)24-14-5-7-23-8-6-14/h9-11,14H,5-8H2,1-4H3. The molecule has 0 aliphatic carbocycles. The maximum Gasteiger partial charge on any atom is 0.494 e. The number of rotatable bonds is 3. The lowest BCUT2D eigenvalue weighted by Crippen LogP contribution is -2.41. The van der Waals surface area contributed by atoms with Crippen molar-refractivity contribution >= 4 is 12.6 Å². The number of halogens is 3. The largest absolute Gasteiger partial charge is 0.494 e. The molecule has 0 bridgehead atoms. The molecule has 26 heavy (non-hydrogen) atoms. The van der Waals surface area contributed by atoms with Gasteiger partial charge in [-0.05, 0) is 51.4 Å². The summed E-state index contributed by atoms with van der Waals surface area (Å²) < 4.78 is 62.9. The van der Waals surface area contributed by atoms with Crippen molar-refractivity contribution in [1.29, 1.82) is 0 Å². The van der Waals surface area contributed by atoms with Gasteiger partial charge in [-0.1, -0.05) is 0 Å². The molecule has 0 radical (unpaired) electrons. The Hall–Kier alpha value is -1.25. The van der Waals surface area contributed by atoms with Crippen LogP contribution in [0, 0.1) is 0 Å². The highest BCUT2D eigenvalue weighted by Gasteiger charge is 2.52. The van der Waals surface area contributed by atoms with Crippen molar-refractivity contribution in [1.82, 2.24) is 0 Å². The Balaban J connectivity index is 1.90. The molecule has 2 aliphatic rings. The van der Waals surface area contributed by atoms with E-state index in [0.29, 0.717) is 31.5 Å². The second-order valence-electron chi connectivity index (χ2n) is 7.81. The third kappa shape index (κ3) is 4.02. The summed E-state index contributed by atoms with van der Waals surface area (Å²) in [5, 5.41) is 0. The first-order valence-electron chi connectivity index (χ1n) is 8.80. The van der Waals surface area contributed by atoms with Gasteiger partial charge in [-0.25, -0.2) is 0 Å². The van der Waals surface area contributed by atoms with E-state index in [1.54, 1.807) is 6.07 Å². The summed E-state index contributed by atoms with van der Waals surface area (Å²) in [6.45, 7) is 8.54. The molecule has 0 unspecified atom stereocenters. The molecule has 1 aromatic carbocycles. The molecule has 8 heteroatoms. The zero-order valence-electron chi connectivity index (χ0n) is 15.5. The highest BCUT2D eigenvalue weighted by atomic mass is 19.4. The summed E-state index contributed by atoms with van der Waals surface area (Å²) in [7, 11) is -0.876. The van der Waals surface area contributed by atoms with Gasteiger partial charge in [-0.3, -0.25) is 0 Å². The van der Waals surface area contributed by atoms with Crippen LogP contribution in [0.3, 0.4) is 0 Å². The van der Waals surface area contributed by atoms with Gasteiger partial charge in [0, 0.05) is 12.8 Å². The quantitative estimate of drug-likeness (QED) is 0.761. The number of benzene rings is 1. The molecule has 4 nitrogen and oxygen atoms in total. The summed E-state index contributed by atoms with van der Waals surface area (Å²) in [6, 6.07) is 3.68. The first kappa shape index (κ1) is 19.5. The summed E-state index contributed by atoms with van der Waals surface area (Å²) in [4.78, 5) is 0. The van der Waals surface area contributed by atoms with Crippen molar-refractivity contribution in [2.45, 2.75) is 64.0 Å². The van der Waals surface area contributed by atoms with Crippen LogP contribution in [-0.2, 0) is 20.2 Å². The highest BCUT2D eigenvalue weighted by Crippen LogP contribution is 2.38. The van der Waals surface area contributed by atoms with E-state index < -0.39 is 30.1 Å². The SMILES string of the molecule is CC1(C)OB(c2cc(OC3CCOCC3)cc(C(F)(F)F)c2)OC1(C)C. The third-order valence-electron chi connectivity index (χ3n) is 5.25. The van der Waals surface area contributed by atoms with Crippen molar-refractivity contribution in [3.05, 3.63) is 23.8 Å². The Morgan fingerprint density at radius 1 is 1.00 bits per heavy atom. The second kappa shape index (κ2) is 6.73. The molecule has 1 aromatic rings. The lowest BCUT2D eigenvalue weighted by Gasteiger charge is -2.32. The van der Waals surface area contributed by atoms with Crippen molar-refractivity contribution < 1.29 is 32.0 Å². The number of alkyl halides is 3. The molecule has 0 N–H and O–H groups in total. The molecule has 144 valence electrons. The summed E-state index contributed by atoms with van der Waals surface area (Å²) in [5.74, 6) is 0.177. The molecule has 0 saturated carbocycles. The topological polar surface area (TPSA) is 36.9 Å². The van der Waals surface area contributed by atoms with Crippen LogP contribution in [0.2, 0.25) is 0 Å². The Labute approximate surface area is 152 Å². The Kier molecular flexibility index (Phi) is 5.05. The summed E-state index contributed by atoms with van der Waals surface area (Å²) in [6.07, 6.45) is -3.32. The maximum absolute atomic E-state index is 13.4. The monoisotopic (exact) mass is 372 g/mol. The van der Waals surface area contributed by atoms with Gasteiger partial charge in [0.05, 0.1) is 30.0 Å². The number of hydrogen-bond acceptors (Lipinski definition) is 4. The Bertz CT molecular complexity index is 638. The molecule has 0 spiro atoms. The van der Waals surface area contributed by atoms with Gasteiger partial charge in [-0.15, -0.1) is 0 Å². The highest BCUT2D eigenvalue weighted by molar-refractivity contribution is 6.62. The van der Waals surface area contributed by atoms with Crippen LogP contribution in [0.5, 0.6) is 5.75 Å². The van der Waals surface area contributed by atoms with Gasteiger partial charge in [-0.2, -0.15) is 13.2 Å².